The van der Waals surface area contributed by atoms with Crippen molar-refractivity contribution in [2.75, 3.05) is 0 Å². The third-order valence-electron chi connectivity index (χ3n) is 5.09. The van der Waals surface area contributed by atoms with Gasteiger partial charge in [0, 0.05) is 13.0 Å². The predicted octanol–water partition coefficient (Wildman–Crippen LogP) is 5.65. The Morgan fingerprint density at radius 1 is 0.966 bits per heavy atom. The van der Waals surface area contributed by atoms with Crippen LogP contribution in [0.3, 0.4) is 0 Å². The van der Waals surface area contributed by atoms with Gasteiger partial charge in [-0.15, -0.1) is 0 Å². The summed E-state index contributed by atoms with van der Waals surface area (Å²) in [5, 5.41) is 9.45. The lowest BCUT2D eigenvalue weighted by Gasteiger charge is -2.12. The van der Waals surface area contributed by atoms with Gasteiger partial charge in [0.1, 0.15) is 5.82 Å². The minimum atomic E-state index is -0.909. The van der Waals surface area contributed by atoms with Gasteiger partial charge in [-0.3, -0.25) is 0 Å². The molecule has 1 heterocycles. The van der Waals surface area contributed by atoms with Crippen LogP contribution in [0.1, 0.15) is 35.6 Å². The molecular weight excluding hydrogens is 360 g/mol. The lowest BCUT2D eigenvalue weighted by atomic mass is 9.98. The maximum absolute atomic E-state index is 11.5. The number of aromatic carboxylic acids is 1. The summed E-state index contributed by atoms with van der Waals surface area (Å²) in [7, 11) is 0. The highest BCUT2D eigenvalue weighted by Gasteiger charge is 2.13. The molecule has 0 saturated heterocycles. The van der Waals surface area contributed by atoms with E-state index in [0.29, 0.717) is 11.5 Å². The molecule has 4 aromatic rings. The van der Waals surface area contributed by atoms with Gasteiger partial charge in [0.05, 0.1) is 16.6 Å². The number of fused-ring (bicyclic) bond motifs is 1. The number of aromatic nitrogens is 2. The Labute approximate surface area is 170 Å². The van der Waals surface area contributed by atoms with Crippen molar-refractivity contribution in [1.82, 2.24) is 9.55 Å². The van der Waals surface area contributed by atoms with Crippen molar-refractivity contribution in [3.05, 3.63) is 89.7 Å². The molecule has 4 nitrogen and oxygen atoms in total. The average Bonchev–Trinajstić information content (AvgIpc) is 3.05. The van der Waals surface area contributed by atoms with E-state index in [2.05, 4.69) is 42.7 Å². The normalized spacial score (nSPS) is 11.3. The predicted molar refractivity (Wildman–Crippen MR) is 116 cm³/mol. The second kappa shape index (κ2) is 7.92. The Balaban J connectivity index is 1.67. The molecule has 1 aromatic heterocycles. The van der Waals surface area contributed by atoms with E-state index in [1.807, 2.05) is 36.4 Å². The zero-order valence-electron chi connectivity index (χ0n) is 16.7. The molecule has 0 bridgehead atoms. The monoisotopic (exact) mass is 384 g/mol. The molecule has 1 N–H and O–H groups in total. The Morgan fingerprint density at radius 2 is 1.66 bits per heavy atom. The summed E-state index contributed by atoms with van der Waals surface area (Å²) in [4.78, 5) is 16.4. The second-order valence-electron chi connectivity index (χ2n) is 7.75. The quantitative estimate of drug-likeness (QED) is 0.467. The summed E-state index contributed by atoms with van der Waals surface area (Å²) >= 11 is 0. The van der Waals surface area contributed by atoms with Gasteiger partial charge >= 0.3 is 5.97 Å². The maximum Gasteiger partial charge on any atom is 0.336 e. The van der Waals surface area contributed by atoms with Crippen LogP contribution >= 0.6 is 0 Å². The van der Waals surface area contributed by atoms with Crippen LogP contribution in [0, 0.1) is 5.92 Å². The van der Waals surface area contributed by atoms with Crippen molar-refractivity contribution in [3.63, 3.8) is 0 Å². The SMILES string of the molecule is CC(C)Cc1nc2ccccc2n1Cc1ccc(-c2ccccc2C(=O)O)cc1. The number of hydrogen-bond acceptors (Lipinski definition) is 2. The molecule has 0 spiro atoms. The number of rotatable bonds is 6. The highest BCUT2D eigenvalue weighted by atomic mass is 16.4. The Kier molecular flexibility index (Phi) is 5.17. The molecule has 3 aromatic carbocycles. The van der Waals surface area contributed by atoms with Gasteiger partial charge in [-0.05, 0) is 40.8 Å². The summed E-state index contributed by atoms with van der Waals surface area (Å²) in [6, 6.07) is 23.5. The van der Waals surface area contributed by atoms with Crippen molar-refractivity contribution < 1.29 is 9.90 Å². The molecule has 0 atom stereocenters. The molecule has 0 aliphatic heterocycles. The number of carboxylic acids is 1. The summed E-state index contributed by atoms with van der Waals surface area (Å²) < 4.78 is 2.29. The molecule has 146 valence electrons. The second-order valence-corrected chi connectivity index (χ2v) is 7.75. The Morgan fingerprint density at radius 3 is 2.38 bits per heavy atom. The van der Waals surface area contributed by atoms with Crippen LogP contribution in [-0.2, 0) is 13.0 Å². The summed E-state index contributed by atoms with van der Waals surface area (Å²) in [6.45, 7) is 5.15. The van der Waals surface area contributed by atoms with Crippen LogP contribution in [-0.4, -0.2) is 20.6 Å². The van der Waals surface area contributed by atoms with Crippen LogP contribution in [0.15, 0.2) is 72.8 Å². The van der Waals surface area contributed by atoms with Crippen molar-refractivity contribution >= 4 is 17.0 Å². The van der Waals surface area contributed by atoms with E-state index in [4.69, 9.17) is 4.98 Å². The number of para-hydroxylation sites is 2. The number of carboxylic acid groups (broad SMARTS) is 1. The molecule has 0 fully saturated rings. The van der Waals surface area contributed by atoms with Gasteiger partial charge in [-0.1, -0.05) is 68.4 Å². The number of hydrogen-bond donors (Lipinski definition) is 1. The zero-order chi connectivity index (χ0) is 20.4. The average molecular weight is 384 g/mol. The number of nitrogens with zero attached hydrogens (tertiary/aromatic N) is 2. The molecule has 4 heteroatoms. The van der Waals surface area contributed by atoms with E-state index in [1.165, 1.54) is 0 Å². The van der Waals surface area contributed by atoms with Crippen molar-refractivity contribution in [3.8, 4) is 11.1 Å². The highest BCUT2D eigenvalue weighted by molar-refractivity contribution is 5.96. The molecule has 0 aliphatic carbocycles. The summed E-state index contributed by atoms with van der Waals surface area (Å²) in [6.07, 6.45) is 0.929. The fourth-order valence-corrected chi connectivity index (χ4v) is 3.72. The number of benzene rings is 3. The molecule has 0 radical (unpaired) electrons. The molecule has 0 unspecified atom stereocenters. The summed E-state index contributed by atoms with van der Waals surface area (Å²) in [5.41, 5.74) is 5.29. The van der Waals surface area contributed by atoms with Gasteiger partial charge in [-0.2, -0.15) is 0 Å². The molecule has 29 heavy (non-hydrogen) atoms. The van der Waals surface area contributed by atoms with E-state index in [0.717, 1.165) is 46.5 Å². The van der Waals surface area contributed by atoms with E-state index in [9.17, 15) is 9.90 Å². The van der Waals surface area contributed by atoms with E-state index < -0.39 is 5.97 Å². The molecule has 0 aliphatic rings. The van der Waals surface area contributed by atoms with E-state index in [-0.39, 0.29) is 0 Å². The fraction of sp³-hybridized carbons (Fsp3) is 0.200. The number of carbonyl (C=O) groups is 1. The van der Waals surface area contributed by atoms with Crippen LogP contribution in [0.4, 0.5) is 0 Å². The van der Waals surface area contributed by atoms with Crippen molar-refractivity contribution in [2.24, 2.45) is 5.92 Å². The van der Waals surface area contributed by atoms with E-state index in [1.54, 1.807) is 12.1 Å². The van der Waals surface area contributed by atoms with Gasteiger partial charge in [-0.25, -0.2) is 9.78 Å². The minimum Gasteiger partial charge on any atom is -0.478 e. The van der Waals surface area contributed by atoms with Gasteiger partial charge < -0.3 is 9.67 Å². The third-order valence-corrected chi connectivity index (χ3v) is 5.09. The maximum atomic E-state index is 11.5. The molecule has 0 amide bonds. The molecule has 4 rings (SSSR count). The Hall–Kier alpha value is -3.40. The first kappa shape index (κ1) is 18.9. The highest BCUT2D eigenvalue weighted by Crippen LogP contribution is 2.25. The molecular formula is C25H24N2O2. The topological polar surface area (TPSA) is 55.1 Å². The first-order chi connectivity index (χ1) is 14.0. The van der Waals surface area contributed by atoms with Crippen molar-refractivity contribution in [1.29, 1.82) is 0 Å². The van der Waals surface area contributed by atoms with Crippen molar-refractivity contribution in [2.45, 2.75) is 26.8 Å². The van der Waals surface area contributed by atoms with Crippen LogP contribution in [0.2, 0.25) is 0 Å². The smallest absolute Gasteiger partial charge is 0.336 e. The largest absolute Gasteiger partial charge is 0.478 e. The minimum absolute atomic E-state index is 0.320. The third kappa shape index (κ3) is 3.92. The van der Waals surface area contributed by atoms with Crippen LogP contribution in [0.5, 0.6) is 0 Å². The zero-order valence-corrected chi connectivity index (χ0v) is 16.7. The first-order valence-corrected chi connectivity index (χ1v) is 9.88. The van der Waals surface area contributed by atoms with Crippen LogP contribution < -0.4 is 0 Å². The lowest BCUT2D eigenvalue weighted by molar-refractivity contribution is 0.0697. The van der Waals surface area contributed by atoms with Gasteiger partial charge in [0.15, 0.2) is 0 Å². The lowest BCUT2D eigenvalue weighted by Crippen LogP contribution is -2.08. The standard InChI is InChI=1S/C25H24N2O2/c1-17(2)15-24-26-22-9-5-6-10-23(22)27(24)16-18-11-13-19(14-12-18)20-7-3-4-8-21(20)25(28)29/h3-14,17H,15-16H2,1-2H3,(H,28,29). The number of imidazole rings is 1. The summed E-state index contributed by atoms with van der Waals surface area (Å²) in [5.74, 6) is 0.717. The van der Waals surface area contributed by atoms with E-state index >= 15 is 0 Å². The Bertz CT molecular complexity index is 1160. The van der Waals surface area contributed by atoms with Gasteiger partial charge in [0.2, 0.25) is 0 Å². The fourth-order valence-electron chi connectivity index (χ4n) is 3.72. The van der Waals surface area contributed by atoms with Crippen LogP contribution in [0.25, 0.3) is 22.2 Å². The van der Waals surface area contributed by atoms with Gasteiger partial charge in [0.25, 0.3) is 0 Å². The first-order valence-electron chi connectivity index (χ1n) is 9.88. The molecule has 0 saturated carbocycles.